The van der Waals surface area contributed by atoms with Crippen molar-refractivity contribution in [2.75, 3.05) is 32.9 Å². The smallest absolute Gasteiger partial charge is 0.251 e. The van der Waals surface area contributed by atoms with E-state index < -0.39 is 18.1 Å². The van der Waals surface area contributed by atoms with E-state index >= 15 is 0 Å². The predicted molar refractivity (Wildman–Crippen MR) is 146 cm³/mol. The van der Waals surface area contributed by atoms with Crippen molar-refractivity contribution in [2.24, 2.45) is 0 Å². The maximum absolute atomic E-state index is 12.5. The monoisotopic (exact) mass is 501 g/mol. The molecule has 3 N–H and O–H groups in total. The van der Waals surface area contributed by atoms with Crippen LogP contribution in [0, 0.1) is 0 Å². The summed E-state index contributed by atoms with van der Waals surface area (Å²) in [6.07, 6.45) is 21.0. The normalized spacial score (nSPS) is 13.2. The summed E-state index contributed by atoms with van der Waals surface area (Å²) >= 11 is 0. The van der Waals surface area contributed by atoms with Crippen LogP contribution in [-0.2, 0) is 9.53 Å². The summed E-state index contributed by atoms with van der Waals surface area (Å²) in [5.74, 6) is -0.415. The molecule has 0 radical (unpaired) electrons. The molecule has 0 aromatic carbocycles. The van der Waals surface area contributed by atoms with Gasteiger partial charge in [0.25, 0.3) is 5.91 Å². The molecule has 6 heteroatoms. The lowest BCUT2D eigenvalue weighted by atomic mass is 10.0. The Hall–Kier alpha value is -0.690. The van der Waals surface area contributed by atoms with Gasteiger partial charge in [-0.1, -0.05) is 123 Å². The molecule has 1 amide bonds. The van der Waals surface area contributed by atoms with E-state index in [9.17, 15) is 20.1 Å². The quantitative estimate of drug-likeness (QED) is 0.120. The van der Waals surface area contributed by atoms with Crippen LogP contribution in [0.3, 0.4) is 0 Å². The maximum Gasteiger partial charge on any atom is 0.251 e. The molecule has 2 atom stereocenters. The molecule has 0 aliphatic carbocycles. The van der Waals surface area contributed by atoms with Gasteiger partial charge in [-0.2, -0.15) is 0 Å². The van der Waals surface area contributed by atoms with Crippen LogP contribution in [0.4, 0.5) is 0 Å². The number of hydrogen-bond donors (Lipinski definition) is 3. The SMILES string of the molecule is CCCCCCCCCCCCCCCCOCC(O)CN(CCO)C(=O)C(O)CCCCCC. The highest BCUT2D eigenvalue weighted by Gasteiger charge is 2.23. The molecule has 0 saturated carbocycles. The third-order valence-electron chi connectivity index (χ3n) is 6.68. The van der Waals surface area contributed by atoms with E-state index in [2.05, 4.69) is 13.8 Å². The van der Waals surface area contributed by atoms with Crippen LogP contribution in [0.1, 0.15) is 136 Å². The number of unbranched alkanes of at least 4 members (excludes halogenated alkanes) is 16. The second-order valence-electron chi connectivity index (χ2n) is 10.2. The minimum absolute atomic E-state index is 0.0736. The summed E-state index contributed by atoms with van der Waals surface area (Å²) in [5.41, 5.74) is 0. The second kappa shape index (κ2) is 26.4. The van der Waals surface area contributed by atoms with Crippen molar-refractivity contribution >= 4 is 5.91 Å². The number of carbonyl (C=O) groups excluding carboxylic acids is 1. The number of rotatable bonds is 27. The fourth-order valence-electron chi connectivity index (χ4n) is 4.44. The van der Waals surface area contributed by atoms with Crippen LogP contribution >= 0.6 is 0 Å². The second-order valence-corrected chi connectivity index (χ2v) is 10.2. The van der Waals surface area contributed by atoms with Crippen LogP contribution < -0.4 is 0 Å². The Balaban J connectivity index is 3.69. The van der Waals surface area contributed by atoms with Crippen molar-refractivity contribution in [3.63, 3.8) is 0 Å². The number of hydrogen-bond acceptors (Lipinski definition) is 5. The Morgan fingerprint density at radius 2 is 1.17 bits per heavy atom. The summed E-state index contributed by atoms with van der Waals surface area (Å²) in [6, 6.07) is 0. The van der Waals surface area contributed by atoms with Crippen molar-refractivity contribution in [1.29, 1.82) is 0 Å². The zero-order chi connectivity index (χ0) is 26.0. The van der Waals surface area contributed by atoms with E-state index in [1.54, 1.807) is 0 Å². The van der Waals surface area contributed by atoms with Crippen molar-refractivity contribution in [1.82, 2.24) is 4.90 Å². The van der Waals surface area contributed by atoms with Gasteiger partial charge in [0.05, 0.1) is 19.3 Å². The Kier molecular flexibility index (Phi) is 25.9. The predicted octanol–water partition coefficient (Wildman–Crippen LogP) is 6.00. The molecule has 0 aromatic heterocycles. The summed E-state index contributed by atoms with van der Waals surface area (Å²) in [4.78, 5) is 13.8. The molecule has 0 bridgehead atoms. The van der Waals surface area contributed by atoms with E-state index in [-0.39, 0.29) is 26.3 Å². The number of aliphatic hydroxyl groups is 3. The first-order valence-corrected chi connectivity index (χ1v) is 14.9. The number of aliphatic hydroxyl groups excluding tert-OH is 3. The number of nitrogens with zero attached hydrogens (tertiary/aromatic N) is 1. The molecule has 2 unspecified atom stereocenters. The molecular weight excluding hydrogens is 442 g/mol. The van der Waals surface area contributed by atoms with Gasteiger partial charge in [-0.3, -0.25) is 4.79 Å². The summed E-state index contributed by atoms with van der Waals surface area (Å²) in [5, 5.41) is 29.7. The fraction of sp³-hybridized carbons (Fsp3) is 0.966. The third kappa shape index (κ3) is 22.2. The van der Waals surface area contributed by atoms with Gasteiger partial charge >= 0.3 is 0 Å². The van der Waals surface area contributed by atoms with E-state index in [4.69, 9.17) is 4.74 Å². The van der Waals surface area contributed by atoms with Crippen LogP contribution in [0.15, 0.2) is 0 Å². The molecule has 0 rings (SSSR count). The standard InChI is InChI=1S/C29H59NO5/c1-3-5-7-9-10-11-12-13-14-15-16-17-18-20-24-35-26-27(32)25-30(22-23-31)29(34)28(33)21-19-8-6-4-2/h27-28,31-33H,3-26H2,1-2H3. The summed E-state index contributed by atoms with van der Waals surface area (Å²) in [7, 11) is 0. The van der Waals surface area contributed by atoms with E-state index in [0.29, 0.717) is 13.0 Å². The van der Waals surface area contributed by atoms with Crippen LogP contribution in [0.2, 0.25) is 0 Å². The minimum Gasteiger partial charge on any atom is -0.395 e. The van der Waals surface area contributed by atoms with Crippen LogP contribution in [0.25, 0.3) is 0 Å². The largest absolute Gasteiger partial charge is 0.395 e. The Morgan fingerprint density at radius 3 is 1.66 bits per heavy atom. The number of amides is 1. The lowest BCUT2D eigenvalue weighted by Crippen LogP contribution is -2.45. The highest BCUT2D eigenvalue weighted by Crippen LogP contribution is 2.13. The minimum atomic E-state index is -1.07. The molecule has 0 fully saturated rings. The van der Waals surface area contributed by atoms with Crippen molar-refractivity contribution in [2.45, 2.75) is 148 Å². The van der Waals surface area contributed by atoms with E-state index in [1.807, 2.05) is 0 Å². The molecule has 210 valence electrons. The molecular formula is C29H59NO5. The average molecular weight is 502 g/mol. The maximum atomic E-state index is 12.5. The third-order valence-corrected chi connectivity index (χ3v) is 6.68. The van der Waals surface area contributed by atoms with Crippen molar-refractivity contribution in [3.05, 3.63) is 0 Å². The summed E-state index contributed by atoms with van der Waals surface area (Å²) < 4.78 is 5.60. The van der Waals surface area contributed by atoms with Gasteiger partial charge in [0.15, 0.2) is 0 Å². The molecule has 0 aromatic rings. The fourth-order valence-corrected chi connectivity index (χ4v) is 4.44. The molecule has 0 saturated heterocycles. The molecule has 6 nitrogen and oxygen atoms in total. The van der Waals surface area contributed by atoms with Gasteiger partial charge in [-0.15, -0.1) is 0 Å². The zero-order valence-electron chi connectivity index (χ0n) is 23.2. The molecule has 0 aliphatic heterocycles. The first kappa shape index (κ1) is 34.3. The Bertz CT molecular complexity index is 449. The van der Waals surface area contributed by atoms with Gasteiger partial charge in [0.2, 0.25) is 0 Å². The first-order valence-electron chi connectivity index (χ1n) is 14.9. The topological polar surface area (TPSA) is 90.2 Å². The zero-order valence-corrected chi connectivity index (χ0v) is 23.2. The van der Waals surface area contributed by atoms with Gasteiger partial charge in [0.1, 0.15) is 6.10 Å². The lowest BCUT2D eigenvalue weighted by Gasteiger charge is -2.26. The number of carbonyl (C=O) groups is 1. The lowest BCUT2D eigenvalue weighted by molar-refractivity contribution is -0.143. The molecule has 0 spiro atoms. The van der Waals surface area contributed by atoms with E-state index in [1.165, 1.54) is 81.9 Å². The molecule has 0 aliphatic rings. The first-order chi connectivity index (χ1) is 17.1. The van der Waals surface area contributed by atoms with Crippen molar-refractivity contribution < 1.29 is 24.9 Å². The Morgan fingerprint density at radius 1 is 0.714 bits per heavy atom. The highest BCUT2D eigenvalue weighted by atomic mass is 16.5. The molecule has 35 heavy (non-hydrogen) atoms. The number of ether oxygens (including phenoxy) is 1. The van der Waals surface area contributed by atoms with Gasteiger partial charge in [-0.25, -0.2) is 0 Å². The van der Waals surface area contributed by atoms with Crippen LogP contribution in [-0.4, -0.2) is 71.2 Å². The van der Waals surface area contributed by atoms with Crippen LogP contribution in [0.5, 0.6) is 0 Å². The van der Waals surface area contributed by atoms with Crippen molar-refractivity contribution in [3.8, 4) is 0 Å². The highest BCUT2D eigenvalue weighted by molar-refractivity contribution is 5.80. The van der Waals surface area contributed by atoms with Gasteiger partial charge < -0.3 is 25.0 Å². The molecule has 0 heterocycles. The van der Waals surface area contributed by atoms with E-state index in [0.717, 1.165) is 38.5 Å². The van der Waals surface area contributed by atoms with Gasteiger partial charge in [0, 0.05) is 19.7 Å². The average Bonchev–Trinajstić information content (AvgIpc) is 2.85. The Labute approximate surface area is 216 Å². The summed E-state index contributed by atoms with van der Waals surface area (Å²) in [6.45, 7) is 5.16. The van der Waals surface area contributed by atoms with Gasteiger partial charge in [-0.05, 0) is 12.8 Å².